The molecule has 1 aliphatic rings. The van der Waals surface area contributed by atoms with Crippen LogP contribution in [0.1, 0.15) is 239 Å². The molecule has 0 aromatic heterocycles. The van der Waals surface area contributed by atoms with Crippen LogP contribution >= 0.6 is 0 Å². The van der Waals surface area contributed by atoms with Crippen molar-refractivity contribution < 1.29 is 49.3 Å². The van der Waals surface area contributed by atoms with Gasteiger partial charge in [0.25, 0.3) is 0 Å². The van der Waals surface area contributed by atoms with E-state index in [2.05, 4.69) is 99.0 Å². The highest BCUT2D eigenvalue weighted by molar-refractivity contribution is 5.80. The van der Waals surface area contributed by atoms with Gasteiger partial charge in [0.15, 0.2) is 12.4 Å². The summed E-state index contributed by atoms with van der Waals surface area (Å²) in [7, 11) is 0. The molecule has 1 amide bonds. The second-order valence-corrected chi connectivity index (χ2v) is 20.3. The van der Waals surface area contributed by atoms with Crippen molar-refractivity contribution in [3.8, 4) is 0 Å². The molecule has 0 spiro atoms. The van der Waals surface area contributed by atoms with Gasteiger partial charge in [-0.15, -0.1) is 0 Å². The van der Waals surface area contributed by atoms with Gasteiger partial charge in [0.05, 0.1) is 25.4 Å². The van der Waals surface area contributed by atoms with Gasteiger partial charge < -0.3 is 45.1 Å². The first kappa shape index (κ1) is 68.9. The number of hydrogen-bond donors (Lipinski definition) is 6. The Morgan fingerprint density at radius 3 is 1.51 bits per heavy atom. The summed E-state index contributed by atoms with van der Waals surface area (Å²) < 4.78 is 17.5. The Morgan fingerprint density at radius 1 is 0.541 bits per heavy atom. The average Bonchev–Trinajstić information content (AvgIpc) is 3.40. The molecule has 1 rings (SSSR count). The molecule has 8 atom stereocenters. The maximum Gasteiger partial charge on any atom is 0.306 e. The smallest absolute Gasteiger partial charge is 0.306 e. The Morgan fingerprint density at radius 2 is 0.986 bits per heavy atom. The van der Waals surface area contributed by atoms with Crippen LogP contribution in [0.15, 0.2) is 85.1 Å². The number of carbonyl (C=O) groups is 2. The zero-order chi connectivity index (χ0) is 54.0. The van der Waals surface area contributed by atoms with Crippen molar-refractivity contribution in [1.29, 1.82) is 0 Å². The van der Waals surface area contributed by atoms with Crippen molar-refractivity contribution in [2.24, 2.45) is 0 Å². The van der Waals surface area contributed by atoms with Crippen LogP contribution < -0.4 is 5.32 Å². The van der Waals surface area contributed by atoms with Crippen molar-refractivity contribution >= 4 is 11.9 Å². The van der Waals surface area contributed by atoms with Gasteiger partial charge in [0, 0.05) is 6.42 Å². The second-order valence-electron chi connectivity index (χ2n) is 20.3. The second kappa shape index (κ2) is 50.6. The van der Waals surface area contributed by atoms with Crippen molar-refractivity contribution in [2.75, 3.05) is 13.2 Å². The van der Waals surface area contributed by atoms with E-state index in [1.54, 1.807) is 6.08 Å². The molecule has 0 aromatic rings. The summed E-state index contributed by atoms with van der Waals surface area (Å²) in [5.41, 5.74) is 0. The highest BCUT2D eigenvalue weighted by atomic mass is 16.7. The summed E-state index contributed by atoms with van der Waals surface area (Å²) in [5.74, 6) is -1.22. The fourth-order valence-electron chi connectivity index (χ4n) is 8.78. The van der Waals surface area contributed by atoms with Crippen LogP contribution in [0.25, 0.3) is 0 Å². The monoisotopic (exact) mass is 1040 g/mol. The Bertz CT molecular complexity index is 1520. The maximum absolute atomic E-state index is 13.4. The van der Waals surface area contributed by atoms with E-state index in [0.717, 1.165) is 128 Å². The molecule has 11 nitrogen and oxygen atoms in total. The first-order chi connectivity index (χ1) is 36.2. The molecule has 1 saturated heterocycles. The molecule has 74 heavy (non-hydrogen) atoms. The zero-order valence-electron chi connectivity index (χ0n) is 46.9. The van der Waals surface area contributed by atoms with E-state index >= 15 is 0 Å². The van der Waals surface area contributed by atoms with Crippen LogP contribution in [-0.2, 0) is 23.8 Å². The molecule has 0 aromatic carbocycles. The lowest BCUT2D eigenvalue weighted by molar-refractivity contribution is -0.305. The van der Waals surface area contributed by atoms with E-state index < -0.39 is 67.4 Å². The number of rotatable bonds is 49. The number of ether oxygens (including phenoxy) is 3. The first-order valence-corrected chi connectivity index (χ1v) is 29.9. The number of aliphatic hydroxyl groups excluding tert-OH is 5. The zero-order valence-corrected chi connectivity index (χ0v) is 46.9. The van der Waals surface area contributed by atoms with E-state index in [1.165, 1.54) is 64.2 Å². The van der Waals surface area contributed by atoms with Gasteiger partial charge in [0.1, 0.15) is 24.4 Å². The third-order valence-corrected chi connectivity index (χ3v) is 13.5. The quantitative estimate of drug-likeness (QED) is 0.0195. The van der Waals surface area contributed by atoms with E-state index in [-0.39, 0.29) is 19.4 Å². The lowest BCUT2D eigenvalue weighted by atomic mass is 9.99. The number of allylic oxidation sites excluding steroid dienone is 13. The number of nitrogens with one attached hydrogen (secondary N) is 1. The lowest BCUT2D eigenvalue weighted by Crippen LogP contribution is -2.61. The van der Waals surface area contributed by atoms with Crippen molar-refractivity contribution in [3.63, 3.8) is 0 Å². The van der Waals surface area contributed by atoms with Gasteiger partial charge in [-0.1, -0.05) is 228 Å². The number of amides is 1. The number of unbranched alkanes of at least 4 members (excludes halogenated alkanes) is 23. The number of hydrogen-bond acceptors (Lipinski definition) is 10. The third kappa shape index (κ3) is 38.4. The number of esters is 1. The predicted octanol–water partition coefficient (Wildman–Crippen LogP) is 13.8. The van der Waals surface area contributed by atoms with Gasteiger partial charge in [-0.05, 0) is 89.9 Å². The van der Waals surface area contributed by atoms with Gasteiger partial charge in [-0.25, -0.2) is 0 Å². The molecule has 1 aliphatic heterocycles. The Hall–Kier alpha value is -3.16. The topological polar surface area (TPSA) is 175 Å². The average molecular weight is 1040 g/mol. The minimum atomic E-state index is -1.62. The van der Waals surface area contributed by atoms with E-state index in [0.29, 0.717) is 12.8 Å². The van der Waals surface area contributed by atoms with Crippen LogP contribution in [0.3, 0.4) is 0 Å². The molecule has 426 valence electrons. The first-order valence-electron chi connectivity index (χ1n) is 29.9. The summed E-state index contributed by atoms with van der Waals surface area (Å²) in [6, 6.07) is -1.03. The van der Waals surface area contributed by atoms with Gasteiger partial charge >= 0.3 is 5.97 Å². The Labute approximate surface area is 451 Å². The Balaban J connectivity index is 2.69. The molecule has 0 radical (unpaired) electrons. The van der Waals surface area contributed by atoms with E-state index in [9.17, 15) is 35.1 Å². The highest BCUT2D eigenvalue weighted by Gasteiger charge is 2.47. The largest absolute Gasteiger partial charge is 0.454 e. The summed E-state index contributed by atoms with van der Waals surface area (Å²) >= 11 is 0. The standard InChI is InChI=1S/C63H109NO10/c1-4-7-10-13-16-19-22-24-25-26-27-28-29-30-31-32-33-36-38-41-44-47-50-56(67)62(71)64-54(55(66)49-46-43-40-37-35-23-20-17-14-11-8-5-2)53-72-63-61(60(70)59(69)57(52-65)73-63)74-58(68)51-48-45-42-39-34-21-18-15-12-9-6-3/h7,10,15-16,18-19,24-25,27-28,30-31,46,49,54-57,59-61,63,65-67,69-70H,4-6,8-9,11-14,17,20-23,26,29,32-45,47-48,50-53H2,1-3H3,(H,64,71)/b10-7-,18-15-,19-16-,25-24-,28-27-,31-30-,49-46+. The minimum Gasteiger partial charge on any atom is -0.454 e. The fraction of sp³-hybridized carbons (Fsp3) is 0.746. The SMILES string of the molecule is CC/C=C\C/C=C\C/C=C\C/C=C\C/C=C\CCCCCCCCC(O)C(=O)NC(COC1OC(CO)C(O)C(O)C1OC(=O)CCCCCCC/C=C\CCCC)C(O)/C=C/CCCCCCCCCCCC. The third-order valence-electron chi connectivity index (χ3n) is 13.5. The molecule has 1 fully saturated rings. The predicted molar refractivity (Wildman–Crippen MR) is 306 cm³/mol. The molecule has 11 heteroatoms. The molecule has 1 heterocycles. The van der Waals surface area contributed by atoms with Gasteiger partial charge in [0.2, 0.25) is 5.91 Å². The number of carbonyl (C=O) groups excluding carboxylic acids is 2. The minimum absolute atomic E-state index is 0.108. The normalized spacial score (nSPS) is 19.9. The maximum atomic E-state index is 13.4. The summed E-state index contributed by atoms with van der Waals surface area (Å²) in [5, 5.41) is 56.8. The van der Waals surface area contributed by atoms with Gasteiger partial charge in [-0.2, -0.15) is 0 Å². The van der Waals surface area contributed by atoms with E-state index in [1.807, 2.05) is 6.08 Å². The van der Waals surface area contributed by atoms with Crippen molar-refractivity contribution in [2.45, 2.75) is 288 Å². The van der Waals surface area contributed by atoms with Crippen molar-refractivity contribution in [3.05, 3.63) is 85.1 Å². The molecular weight excluding hydrogens is 931 g/mol. The lowest BCUT2D eigenvalue weighted by Gasteiger charge is -2.41. The number of aliphatic hydroxyl groups is 5. The summed E-state index contributed by atoms with van der Waals surface area (Å²) in [6.07, 6.45) is 54.8. The molecule has 0 saturated carbocycles. The van der Waals surface area contributed by atoms with Gasteiger partial charge in [-0.3, -0.25) is 9.59 Å². The van der Waals surface area contributed by atoms with Crippen LogP contribution in [0.4, 0.5) is 0 Å². The van der Waals surface area contributed by atoms with Crippen LogP contribution in [0, 0.1) is 0 Å². The van der Waals surface area contributed by atoms with Crippen molar-refractivity contribution in [1.82, 2.24) is 5.32 Å². The molecular formula is C63H109NO10. The summed E-state index contributed by atoms with van der Waals surface area (Å²) in [6.45, 7) is 5.60. The molecule has 0 bridgehead atoms. The van der Waals surface area contributed by atoms with Crippen LogP contribution in [-0.4, -0.2) is 99.6 Å². The molecule has 0 aliphatic carbocycles. The fourth-order valence-corrected chi connectivity index (χ4v) is 8.78. The van der Waals surface area contributed by atoms with Crippen LogP contribution in [0.2, 0.25) is 0 Å². The van der Waals surface area contributed by atoms with Crippen LogP contribution in [0.5, 0.6) is 0 Å². The molecule has 6 N–H and O–H groups in total. The summed E-state index contributed by atoms with van der Waals surface area (Å²) in [4.78, 5) is 26.4. The Kier molecular flexibility index (Phi) is 47.1. The molecule has 8 unspecified atom stereocenters. The highest BCUT2D eigenvalue weighted by Crippen LogP contribution is 2.26. The van der Waals surface area contributed by atoms with E-state index in [4.69, 9.17) is 14.2 Å².